The SMILES string of the molecule is CC(C)(CC(N)=O)Nc1ccc(C#N)cc1Cl. The van der Waals surface area contributed by atoms with Crippen LogP contribution >= 0.6 is 11.6 Å². The molecule has 0 heterocycles. The summed E-state index contributed by atoms with van der Waals surface area (Å²) in [4.78, 5) is 10.9. The summed E-state index contributed by atoms with van der Waals surface area (Å²) >= 11 is 6.02. The first-order valence-electron chi connectivity index (χ1n) is 5.10. The van der Waals surface area contributed by atoms with Crippen LogP contribution in [0.25, 0.3) is 0 Å². The molecule has 0 aliphatic rings. The summed E-state index contributed by atoms with van der Waals surface area (Å²) in [5.74, 6) is -0.382. The van der Waals surface area contributed by atoms with Crippen molar-refractivity contribution in [2.24, 2.45) is 5.73 Å². The van der Waals surface area contributed by atoms with Crippen LogP contribution in [0.2, 0.25) is 5.02 Å². The van der Waals surface area contributed by atoms with Crippen molar-refractivity contribution in [1.82, 2.24) is 0 Å². The minimum absolute atomic E-state index is 0.198. The van der Waals surface area contributed by atoms with E-state index in [0.717, 1.165) is 0 Å². The van der Waals surface area contributed by atoms with E-state index < -0.39 is 5.54 Å². The van der Waals surface area contributed by atoms with Crippen molar-refractivity contribution in [2.45, 2.75) is 25.8 Å². The van der Waals surface area contributed by atoms with Crippen molar-refractivity contribution >= 4 is 23.2 Å². The van der Waals surface area contributed by atoms with Crippen molar-refractivity contribution in [3.63, 3.8) is 0 Å². The van der Waals surface area contributed by atoms with Gasteiger partial charge in [0.1, 0.15) is 0 Å². The molecule has 0 saturated heterocycles. The minimum Gasteiger partial charge on any atom is -0.378 e. The number of carbonyl (C=O) groups excluding carboxylic acids is 1. The molecule has 5 heteroatoms. The summed E-state index contributed by atoms with van der Waals surface area (Å²) in [6.07, 6.45) is 0.198. The van der Waals surface area contributed by atoms with E-state index in [4.69, 9.17) is 22.6 Å². The molecule has 0 aliphatic heterocycles. The monoisotopic (exact) mass is 251 g/mol. The number of rotatable bonds is 4. The molecule has 3 N–H and O–H groups in total. The first kappa shape index (κ1) is 13.3. The number of anilines is 1. The lowest BCUT2D eigenvalue weighted by Crippen LogP contribution is -2.36. The molecule has 90 valence electrons. The van der Waals surface area contributed by atoms with Crippen molar-refractivity contribution < 1.29 is 4.79 Å². The molecule has 1 aromatic rings. The Kier molecular flexibility index (Phi) is 3.97. The average Bonchev–Trinajstić information content (AvgIpc) is 2.18. The summed E-state index contributed by atoms with van der Waals surface area (Å²) in [6.45, 7) is 3.71. The molecule has 0 atom stereocenters. The summed E-state index contributed by atoms with van der Waals surface area (Å²) in [6, 6.07) is 6.95. The quantitative estimate of drug-likeness (QED) is 0.862. The van der Waals surface area contributed by atoms with Crippen LogP contribution in [-0.2, 0) is 4.79 Å². The number of nitrogens with zero attached hydrogens (tertiary/aromatic N) is 1. The fourth-order valence-corrected chi connectivity index (χ4v) is 1.76. The van der Waals surface area contributed by atoms with Crippen LogP contribution in [0.3, 0.4) is 0 Å². The highest BCUT2D eigenvalue weighted by Gasteiger charge is 2.21. The Labute approximate surface area is 105 Å². The van der Waals surface area contributed by atoms with E-state index in [1.807, 2.05) is 19.9 Å². The van der Waals surface area contributed by atoms with Crippen LogP contribution in [0.5, 0.6) is 0 Å². The number of carbonyl (C=O) groups is 1. The topological polar surface area (TPSA) is 78.9 Å². The van der Waals surface area contributed by atoms with Gasteiger partial charge >= 0.3 is 0 Å². The molecule has 1 rings (SSSR count). The lowest BCUT2D eigenvalue weighted by molar-refractivity contribution is -0.118. The Balaban J connectivity index is 2.89. The number of amides is 1. The number of nitrogens with one attached hydrogen (secondary N) is 1. The summed E-state index contributed by atoms with van der Waals surface area (Å²) in [7, 11) is 0. The number of hydrogen-bond donors (Lipinski definition) is 2. The molecule has 0 aromatic heterocycles. The largest absolute Gasteiger partial charge is 0.378 e. The number of primary amides is 1. The molecular formula is C12H14ClN3O. The number of benzene rings is 1. The van der Waals surface area contributed by atoms with Gasteiger partial charge in [-0.2, -0.15) is 5.26 Å². The van der Waals surface area contributed by atoms with Gasteiger partial charge in [0.05, 0.1) is 22.3 Å². The highest BCUT2D eigenvalue weighted by atomic mass is 35.5. The van der Waals surface area contributed by atoms with Gasteiger partial charge < -0.3 is 11.1 Å². The maximum absolute atomic E-state index is 10.9. The smallest absolute Gasteiger partial charge is 0.219 e. The Bertz CT molecular complexity index is 477. The second-order valence-electron chi connectivity index (χ2n) is 4.46. The third-order valence-corrected chi connectivity index (χ3v) is 2.50. The van der Waals surface area contributed by atoms with Gasteiger partial charge in [-0.15, -0.1) is 0 Å². The van der Waals surface area contributed by atoms with Gasteiger partial charge in [-0.05, 0) is 32.0 Å². The van der Waals surface area contributed by atoms with Crippen LogP contribution in [0, 0.1) is 11.3 Å². The Morgan fingerprint density at radius 1 is 1.59 bits per heavy atom. The molecule has 0 unspecified atom stereocenters. The number of nitriles is 1. The van der Waals surface area contributed by atoms with Crippen molar-refractivity contribution in [2.75, 3.05) is 5.32 Å². The van der Waals surface area contributed by atoms with Gasteiger partial charge in [-0.3, -0.25) is 4.79 Å². The summed E-state index contributed by atoms with van der Waals surface area (Å²) < 4.78 is 0. The van der Waals surface area contributed by atoms with Crippen molar-refractivity contribution in [3.05, 3.63) is 28.8 Å². The fourth-order valence-electron chi connectivity index (χ4n) is 1.53. The molecule has 0 fully saturated rings. The second kappa shape index (κ2) is 5.07. The average molecular weight is 252 g/mol. The predicted octanol–water partition coefficient (Wildman–Crippen LogP) is 2.28. The van der Waals surface area contributed by atoms with Gasteiger partial charge in [-0.1, -0.05) is 11.6 Å². The molecule has 0 aliphatic carbocycles. The first-order chi connectivity index (χ1) is 7.84. The van der Waals surface area contributed by atoms with Crippen molar-refractivity contribution in [3.8, 4) is 6.07 Å². The Hall–Kier alpha value is -1.73. The van der Waals surface area contributed by atoms with E-state index in [1.165, 1.54) is 0 Å². The van der Waals surface area contributed by atoms with Gasteiger partial charge in [0.15, 0.2) is 0 Å². The van der Waals surface area contributed by atoms with E-state index in [-0.39, 0.29) is 12.3 Å². The van der Waals surface area contributed by atoms with Crippen LogP contribution in [-0.4, -0.2) is 11.4 Å². The van der Waals surface area contributed by atoms with Crippen LogP contribution < -0.4 is 11.1 Å². The van der Waals surface area contributed by atoms with Gasteiger partial charge in [-0.25, -0.2) is 0 Å². The summed E-state index contributed by atoms with van der Waals surface area (Å²) in [5.41, 5.74) is 5.85. The normalized spacial score (nSPS) is 10.7. The highest BCUT2D eigenvalue weighted by Crippen LogP contribution is 2.26. The van der Waals surface area contributed by atoms with E-state index in [2.05, 4.69) is 5.32 Å². The zero-order chi connectivity index (χ0) is 13.1. The molecule has 0 bridgehead atoms. The fraction of sp³-hybridized carbons (Fsp3) is 0.333. The molecule has 17 heavy (non-hydrogen) atoms. The predicted molar refractivity (Wildman–Crippen MR) is 67.7 cm³/mol. The minimum atomic E-state index is -0.483. The highest BCUT2D eigenvalue weighted by molar-refractivity contribution is 6.33. The first-order valence-corrected chi connectivity index (χ1v) is 5.48. The van der Waals surface area contributed by atoms with E-state index in [9.17, 15) is 4.79 Å². The molecular weight excluding hydrogens is 238 g/mol. The lowest BCUT2D eigenvalue weighted by atomic mass is 9.99. The maximum atomic E-state index is 10.9. The molecule has 1 aromatic carbocycles. The number of nitrogens with two attached hydrogens (primary N) is 1. The molecule has 0 spiro atoms. The van der Waals surface area contributed by atoms with Gasteiger partial charge in [0.2, 0.25) is 5.91 Å². The maximum Gasteiger partial charge on any atom is 0.219 e. The van der Waals surface area contributed by atoms with E-state index in [1.54, 1.807) is 18.2 Å². The number of halogens is 1. The third kappa shape index (κ3) is 3.97. The molecule has 0 radical (unpaired) electrons. The number of hydrogen-bond acceptors (Lipinski definition) is 3. The van der Waals surface area contributed by atoms with Crippen LogP contribution in [0.1, 0.15) is 25.8 Å². The summed E-state index contributed by atoms with van der Waals surface area (Å²) in [5, 5.41) is 12.3. The van der Waals surface area contributed by atoms with Crippen LogP contribution in [0.4, 0.5) is 5.69 Å². The van der Waals surface area contributed by atoms with E-state index >= 15 is 0 Å². The zero-order valence-electron chi connectivity index (χ0n) is 9.75. The molecule has 4 nitrogen and oxygen atoms in total. The lowest BCUT2D eigenvalue weighted by Gasteiger charge is -2.26. The van der Waals surface area contributed by atoms with Gasteiger partial charge in [0, 0.05) is 12.0 Å². The second-order valence-corrected chi connectivity index (χ2v) is 4.87. The standard InChI is InChI=1S/C12H14ClN3O/c1-12(2,6-11(15)17)16-10-4-3-8(7-14)5-9(10)13/h3-5,16H,6H2,1-2H3,(H2,15,17). The van der Waals surface area contributed by atoms with Crippen LogP contribution in [0.15, 0.2) is 18.2 Å². The van der Waals surface area contributed by atoms with E-state index in [0.29, 0.717) is 16.3 Å². The third-order valence-electron chi connectivity index (χ3n) is 2.19. The molecule has 0 saturated carbocycles. The van der Waals surface area contributed by atoms with Crippen molar-refractivity contribution in [1.29, 1.82) is 5.26 Å². The Morgan fingerprint density at radius 3 is 2.71 bits per heavy atom. The molecule has 1 amide bonds. The van der Waals surface area contributed by atoms with Gasteiger partial charge in [0.25, 0.3) is 0 Å². The Morgan fingerprint density at radius 2 is 2.24 bits per heavy atom. The zero-order valence-corrected chi connectivity index (χ0v) is 10.5.